The van der Waals surface area contributed by atoms with Crippen molar-refractivity contribution in [2.45, 2.75) is 30.6 Å². The van der Waals surface area contributed by atoms with Crippen LogP contribution in [0.1, 0.15) is 25.7 Å². The van der Waals surface area contributed by atoms with Crippen LogP contribution in [-0.4, -0.2) is 76.5 Å². The number of quaternary nitrogens is 1. The Morgan fingerprint density at radius 3 is 2.52 bits per heavy atom. The van der Waals surface area contributed by atoms with Gasteiger partial charge in [0.1, 0.15) is 0 Å². The Balaban J connectivity index is 1.57. The first-order valence-corrected chi connectivity index (χ1v) is 11.8. The minimum atomic E-state index is -3.46. The summed E-state index contributed by atoms with van der Waals surface area (Å²) in [5.74, 6) is 0.101. The van der Waals surface area contributed by atoms with E-state index in [1.165, 1.54) is 10.7 Å². The van der Waals surface area contributed by atoms with Crippen molar-refractivity contribution in [1.82, 2.24) is 9.21 Å². The lowest BCUT2D eigenvalue weighted by molar-refractivity contribution is -0.895. The molecule has 0 spiro atoms. The van der Waals surface area contributed by atoms with E-state index in [4.69, 9.17) is 4.74 Å². The number of carbonyl (C=O) groups excluding carboxylic acids is 1. The molecule has 8 heteroatoms. The number of carbonyl (C=O) groups is 1. The van der Waals surface area contributed by atoms with Crippen molar-refractivity contribution < 1.29 is 22.8 Å². The van der Waals surface area contributed by atoms with Gasteiger partial charge in [0.25, 0.3) is 5.91 Å². The number of hydrogen-bond donors (Lipinski definition) is 1. The molecule has 1 aliphatic heterocycles. The van der Waals surface area contributed by atoms with E-state index in [0.29, 0.717) is 50.8 Å². The number of nitrogens with zero attached hydrogens (tertiary/aromatic N) is 2. The summed E-state index contributed by atoms with van der Waals surface area (Å²) in [6.07, 6.45) is 6.43. The molecule has 1 N–H and O–H groups in total. The number of hydrogen-bond acceptors (Lipinski definition) is 4. The molecule has 1 aromatic rings. The number of sulfonamides is 1. The molecular weight excluding hydrogens is 390 g/mol. The second-order valence-electron chi connectivity index (χ2n) is 7.62. The van der Waals surface area contributed by atoms with E-state index in [9.17, 15) is 13.2 Å². The molecule has 160 valence electrons. The summed E-state index contributed by atoms with van der Waals surface area (Å²) in [4.78, 5) is 16.3. The summed E-state index contributed by atoms with van der Waals surface area (Å²) >= 11 is 0. The zero-order valence-electron chi connectivity index (χ0n) is 17.2. The Kier molecular flexibility index (Phi) is 7.83. The molecule has 7 nitrogen and oxygen atoms in total. The van der Waals surface area contributed by atoms with Gasteiger partial charge < -0.3 is 14.5 Å². The summed E-state index contributed by atoms with van der Waals surface area (Å²) in [6, 6.07) is 8.54. The number of nitrogens with one attached hydrogen (secondary N) is 1. The second-order valence-corrected chi connectivity index (χ2v) is 9.56. The van der Waals surface area contributed by atoms with E-state index in [2.05, 4.69) is 6.08 Å². The molecule has 0 radical (unpaired) electrons. The molecule has 1 amide bonds. The molecule has 0 saturated carbocycles. The number of rotatable bonds is 8. The molecule has 1 heterocycles. The first-order valence-electron chi connectivity index (χ1n) is 10.4. The molecular formula is C21H32N3O4S+. The lowest BCUT2D eigenvalue weighted by Gasteiger charge is -2.33. The van der Waals surface area contributed by atoms with Gasteiger partial charge in [0.2, 0.25) is 10.0 Å². The summed E-state index contributed by atoms with van der Waals surface area (Å²) in [5.41, 5.74) is 1.11. The normalized spacial score (nSPS) is 19.0. The van der Waals surface area contributed by atoms with E-state index in [-0.39, 0.29) is 5.91 Å². The summed E-state index contributed by atoms with van der Waals surface area (Å²) < 4.78 is 32.3. The third kappa shape index (κ3) is 5.66. The number of ether oxygens (including phenoxy) is 1. The Morgan fingerprint density at radius 2 is 1.90 bits per heavy atom. The highest BCUT2D eigenvalue weighted by atomic mass is 32.2. The van der Waals surface area contributed by atoms with Crippen LogP contribution in [0.4, 0.5) is 0 Å². The highest BCUT2D eigenvalue weighted by Crippen LogP contribution is 2.21. The predicted molar refractivity (Wildman–Crippen MR) is 111 cm³/mol. The maximum absolute atomic E-state index is 13.0. The van der Waals surface area contributed by atoms with Crippen LogP contribution >= 0.6 is 0 Å². The average molecular weight is 423 g/mol. The lowest BCUT2D eigenvalue weighted by Crippen LogP contribution is -3.15. The fourth-order valence-electron chi connectivity index (χ4n) is 3.95. The van der Waals surface area contributed by atoms with Gasteiger partial charge in [-0.25, -0.2) is 8.42 Å². The zero-order chi connectivity index (χ0) is 20.7. The van der Waals surface area contributed by atoms with Gasteiger partial charge in [-0.05, 0) is 37.8 Å². The molecule has 0 bridgehead atoms. The van der Waals surface area contributed by atoms with Gasteiger partial charge in [-0.1, -0.05) is 24.3 Å². The Labute approximate surface area is 174 Å². The fraction of sp³-hybridized carbons (Fsp3) is 0.571. The van der Waals surface area contributed by atoms with Crippen molar-refractivity contribution in [3.8, 4) is 0 Å². The molecule has 1 aliphatic carbocycles. The zero-order valence-corrected chi connectivity index (χ0v) is 18.0. The maximum Gasteiger partial charge on any atom is 0.281 e. The molecule has 0 unspecified atom stereocenters. The maximum atomic E-state index is 13.0. The molecule has 3 rings (SSSR count). The van der Waals surface area contributed by atoms with Gasteiger partial charge in [-0.2, -0.15) is 4.31 Å². The largest absolute Gasteiger partial charge is 0.383 e. The highest BCUT2D eigenvalue weighted by molar-refractivity contribution is 7.89. The second kappa shape index (κ2) is 10.3. The molecule has 1 fully saturated rings. The fourth-order valence-corrected chi connectivity index (χ4v) is 5.41. The third-order valence-corrected chi connectivity index (χ3v) is 7.56. The van der Waals surface area contributed by atoms with Crippen LogP contribution in [0, 0.1) is 0 Å². The molecule has 0 aromatic heterocycles. The molecule has 2 aliphatic rings. The van der Waals surface area contributed by atoms with Crippen molar-refractivity contribution in [1.29, 1.82) is 0 Å². The standard InChI is InChI=1S/C21H31N3O4S/c1-28-17-16-24(19-8-4-2-5-9-19)21(25)18-22-12-14-23(15-13-22)29(26,27)20-10-6-3-7-11-20/h3,6-8,10-11H,2,4-5,9,12-18H2,1H3/p+1. The van der Waals surface area contributed by atoms with Gasteiger partial charge >= 0.3 is 0 Å². The monoisotopic (exact) mass is 422 g/mol. The van der Waals surface area contributed by atoms with E-state index in [1.54, 1.807) is 31.4 Å². The number of allylic oxidation sites excluding steroid dienone is 2. The van der Waals surface area contributed by atoms with Crippen molar-refractivity contribution in [2.75, 3.05) is 53.0 Å². The summed E-state index contributed by atoms with van der Waals surface area (Å²) in [6.45, 7) is 3.61. The molecule has 1 aromatic carbocycles. The number of methoxy groups -OCH3 is 1. The number of benzene rings is 1. The van der Waals surface area contributed by atoms with E-state index >= 15 is 0 Å². The van der Waals surface area contributed by atoms with Crippen LogP contribution in [0.5, 0.6) is 0 Å². The minimum Gasteiger partial charge on any atom is -0.383 e. The van der Waals surface area contributed by atoms with Crippen LogP contribution in [-0.2, 0) is 19.6 Å². The third-order valence-electron chi connectivity index (χ3n) is 5.65. The van der Waals surface area contributed by atoms with Gasteiger partial charge in [-0.15, -0.1) is 0 Å². The van der Waals surface area contributed by atoms with Gasteiger partial charge in [0, 0.05) is 19.4 Å². The van der Waals surface area contributed by atoms with Gasteiger partial charge in [0.15, 0.2) is 6.54 Å². The Hall–Kier alpha value is -1.74. The number of amides is 1. The Bertz CT molecular complexity index is 802. The number of piperazine rings is 1. The topological polar surface area (TPSA) is 71.4 Å². The Morgan fingerprint density at radius 1 is 1.17 bits per heavy atom. The van der Waals surface area contributed by atoms with Crippen LogP contribution in [0.2, 0.25) is 0 Å². The molecule has 1 saturated heterocycles. The van der Waals surface area contributed by atoms with E-state index in [1.807, 2.05) is 11.0 Å². The smallest absolute Gasteiger partial charge is 0.281 e. The van der Waals surface area contributed by atoms with Crippen molar-refractivity contribution in [3.05, 3.63) is 42.1 Å². The van der Waals surface area contributed by atoms with Crippen molar-refractivity contribution in [2.24, 2.45) is 0 Å². The van der Waals surface area contributed by atoms with Gasteiger partial charge in [0.05, 0.1) is 37.7 Å². The van der Waals surface area contributed by atoms with Crippen molar-refractivity contribution in [3.63, 3.8) is 0 Å². The van der Waals surface area contributed by atoms with Crippen LogP contribution in [0.25, 0.3) is 0 Å². The SMILES string of the molecule is COCCN(C(=O)C[NH+]1CCN(S(=O)(=O)c2ccccc2)CC1)C1=CCCCC1. The first kappa shape index (κ1) is 22.0. The predicted octanol–water partition coefficient (Wildman–Crippen LogP) is 0.509. The quantitative estimate of drug-likeness (QED) is 0.663. The highest BCUT2D eigenvalue weighted by Gasteiger charge is 2.32. The van der Waals surface area contributed by atoms with E-state index in [0.717, 1.165) is 29.9 Å². The molecule has 29 heavy (non-hydrogen) atoms. The average Bonchev–Trinajstić information content (AvgIpc) is 2.76. The summed E-state index contributed by atoms with van der Waals surface area (Å²) in [7, 11) is -1.81. The summed E-state index contributed by atoms with van der Waals surface area (Å²) in [5, 5.41) is 0. The minimum absolute atomic E-state index is 0.101. The molecule has 0 atom stereocenters. The first-order chi connectivity index (χ1) is 14.0. The lowest BCUT2D eigenvalue weighted by atomic mass is 10.0. The van der Waals surface area contributed by atoms with Gasteiger partial charge in [-0.3, -0.25) is 4.79 Å². The van der Waals surface area contributed by atoms with E-state index < -0.39 is 10.0 Å². The van der Waals surface area contributed by atoms with Crippen LogP contribution in [0.15, 0.2) is 47.0 Å². The van der Waals surface area contributed by atoms with Crippen molar-refractivity contribution >= 4 is 15.9 Å². The van der Waals surface area contributed by atoms with Crippen LogP contribution in [0.3, 0.4) is 0 Å². The van der Waals surface area contributed by atoms with Crippen LogP contribution < -0.4 is 4.90 Å².